The second kappa shape index (κ2) is 8.17. The second-order valence-corrected chi connectivity index (χ2v) is 6.74. The Morgan fingerprint density at radius 3 is 2.52 bits per heavy atom. The van der Waals surface area contributed by atoms with Crippen LogP contribution < -0.4 is 9.47 Å². The van der Waals surface area contributed by atoms with E-state index in [2.05, 4.69) is 0 Å². The number of likely N-dealkylation sites (N-methyl/N-ethyl adjacent to an activating group) is 1. The summed E-state index contributed by atoms with van der Waals surface area (Å²) >= 11 is 0. The van der Waals surface area contributed by atoms with Gasteiger partial charge in [0.1, 0.15) is 5.56 Å². The fourth-order valence-electron chi connectivity index (χ4n) is 2.93. The molecule has 0 atom stereocenters. The molecule has 0 saturated carbocycles. The van der Waals surface area contributed by atoms with Gasteiger partial charge in [0.05, 0.1) is 11.0 Å². The van der Waals surface area contributed by atoms with Gasteiger partial charge in [0, 0.05) is 19.7 Å². The molecule has 0 unspecified atom stereocenters. The van der Waals surface area contributed by atoms with Crippen molar-refractivity contribution in [2.75, 3.05) is 20.4 Å². The molecule has 0 N–H and O–H groups in total. The number of amides is 1. The summed E-state index contributed by atoms with van der Waals surface area (Å²) in [6.45, 7) is 3.67. The minimum atomic E-state index is -0.983. The SMILES string of the molecule is Cc1ccc(CN(C)C(=O)COC(=O)c2cc3c(cc2[N+](=O)[O-])OCO3)c(C)c1. The van der Waals surface area contributed by atoms with Gasteiger partial charge in [-0.25, -0.2) is 4.79 Å². The number of esters is 1. The van der Waals surface area contributed by atoms with Gasteiger partial charge in [-0.3, -0.25) is 14.9 Å². The van der Waals surface area contributed by atoms with Gasteiger partial charge < -0.3 is 19.1 Å². The third-order valence-electron chi connectivity index (χ3n) is 4.57. The summed E-state index contributed by atoms with van der Waals surface area (Å²) in [6.07, 6.45) is 0. The third-order valence-corrected chi connectivity index (χ3v) is 4.57. The number of aryl methyl sites for hydroxylation is 2. The summed E-state index contributed by atoms with van der Waals surface area (Å²) in [7, 11) is 1.60. The number of carbonyl (C=O) groups is 2. The highest BCUT2D eigenvalue weighted by molar-refractivity contribution is 5.96. The number of rotatable bonds is 6. The van der Waals surface area contributed by atoms with Gasteiger partial charge in [-0.1, -0.05) is 23.8 Å². The monoisotopic (exact) mass is 400 g/mol. The van der Waals surface area contributed by atoms with Crippen molar-refractivity contribution in [2.45, 2.75) is 20.4 Å². The van der Waals surface area contributed by atoms with Crippen molar-refractivity contribution in [3.05, 3.63) is 62.7 Å². The minimum absolute atomic E-state index is 0.0906. The highest BCUT2D eigenvalue weighted by Crippen LogP contribution is 2.38. The molecule has 29 heavy (non-hydrogen) atoms. The van der Waals surface area contributed by atoms with E-state index in [0.29, 0.717) is 6.54 Å². The molecule has 2 aromatic rings. The lowest BCUT2D eigenvalue weighted by molar-refractivity contribution is -0.385. The third kappa shape index (κ3) is 4.45. The van der Waals surface area contributed by atoms with Crippen LogP contribution in [-0.2, 0) is 16.1 Å². The topological polar surface area (TPSA) is 108 Å². The number of nitro benzene ring substituents is 1. The molecule has 1 heterocycles. The number of hydrogen-bond donors (Lipinski definition) is 0. The molecule has 0 fully saturated rings. The Morgan fingerprint density at radius 2 is 1.86 bits per heavy atom. The number of nitrogens with zero attached hydrogens (tertiary/aromatic N) is 2. The maximum absolute atomic E-state index is 12.4. The van der Waals surface area contributed by atoms with E-state index in [1.165, 1.54) is 11.0 Å². The highest BCUT2D eigenvalue weighted by Gasteiger charge is 2.28. The molecule has 3 rings (SSSR count). The molecule has 9 nitrogen and oxygen atoms in total. The number of benzene rings is 2. The van der Waals surface area contributed by atoms with Crippen molar-refractivity contribution >= 4 is 17.6 Å². The number of nitro groups is 1. The fraction of sp³-hybridized carbons (Fsp3) is 0.300. The smallest absolute Gasteiger partial charge is 0.345 e. The zero-order valence-electron chi connectivity index (χ0n) is 16.3. The summed E-state index contributed by atoms with van der Waals surface area (Å²) in [4.78, 5) is 36.7. The zero-order chi connectivity index (χ0) is 21.1. The maximum atomic E-state index is 12.4. The van der Waals surface area contributed by atoms with E-state index in [4.69, 9.17) is 14.2 Å². The summed E-state index contributed by atoms with van der Waals surface area (Å²) in [5.74, 6) is -1.02. The normalized spacial score (nSPS) is 11.8. The average Bonchev–Trinajstić information content (AvgIpc) is 3.14. The van der Waals surface area contributed by atoms with Gasteiger partial charge in [-0.05, 0) is 25.0 Å². The van der Waals surface area contributed by atoms with Crippen LogP contribution in [0.15, 0.2) is 30.3 Å². The molecule has 152 valence electrons. The predicted octanol–water partition coefficient (Wildman–Crippen LogP) is 2.76. The Balaban J connectivity index is 1.65. The van der Waals surface area contributed by atoms with Crippen molar-refractivity contribution in [2.24, 2.45) is 0 Å². The van der Waals surface area contributed by atoms with E-state index in [0.717, 1.165) is 22.8 Å². The number of fused-ring (bicyclic) bond motifs is 1. The maximum Gasteiger partial charge on any atom is 0.345 e. The lowest BCUT2D eigenvalue weighted by Crippen LogP contribution is -2.31. The molecule has 0 radical (unpaired) electrons. The Bertz CT molecular complexity index is 987. The van der Waals surface area contributed by atoms with E-state index in [9.17, 15) is 19.7 Å². The summed E-state index contributed by atoms with van der Waals surface area (Å²) in [5, 5.41) is 11.3. The predicted molar refractivity (Wildman–Crippen MR) is 102 cm³/mol. The van der Waals surface area contributed by atoms with Gasteiger partial charge in [0.2, 0.25) is 6.79 Å². The van der Waals surface area contributed by atoms with Gasteiger partial charge >= 0.3 is 5.97 Å². The molecule has 0 aromatic heterocycles. The largest absolute Gasteiger partial charge is 0.454 e. The van der Waals surface area contributed by atoms with Gasteiger partial charge in [0.25, 0.3) is 11.6 Å². The summed E-state index contributed by atoms with van der Waals surface area (Å²) < 4.78 is 15.3. The quantitative estimate of drug-likeness (QED) is 0.417. The van der Waals surface area contributed by atoms with E-state index < -0.39 is 29.1 Å². The van der Waals surface area contributed by atoms with Crippen molar-refractivity contribution < 1.29 is 28.7 Å². The van der Waals surface area contributed by atoms with Gasteiger partial charge in [-0.15, -0.1) is 0 Å². The first-order valence-electron chi connectivity index (χ1n) is 8.81. The van der Waals surface area contributed by atoms with Crippen LogP contribution in [0.1, 0.15) is 27.0 Å². The van der Waals surface area contributed by atoms with E-state index in [1.54, 1.807) is 7.05 Å². The Morgan fingerprint density at radius 1 is 1.17 bits per heavy atom. The molecular weight excluding hydrogens is 380 g/mol. The van der Waals surface area contributed by atoms with Crippen LogP contribution in [0.5, 0.6) is 11.5 Å². The van der Waals surface area contributed by atoms with Crippen LogP contribution in [-0.4, -0.2) is 42.1 Å². The van der Waals surface area contributed by atoms with Crippen LogP contribution >= 0.6 is 0 Å². The summed E-state index contributed by atoms with van der Waals surface area (Å²) in [5.41, 5.74) is 2.38. The van der Waals surface area contributed by atoms with Crippen molar-refractivity contribution in [1.82, 2.24) is 4.90 Å². The van der Waals surface area contributed by atoms with Crippen LogP contribution in [0.3, 0.4) is 0 Å². The first-order valence-corrected chi connectivity index (χ1v) is 8.81. The molecular formula is C20H20N2O7. The Hall–Kier alpha value is -3.62. The summed E-state index contributed by atoms with van der Waals surface area (Å²) in [6, 6.07) is 8.21. The molecule has 1 aliphatic rings. The standard InChI is InChI=1S/C20H20N2O7/c1-12-4-5-14(13(2)6-12)9-21(3)19(23)10-27-20(24)15-7-17-18(29-11-28-17)8-16(15)22(25)26/h4-8H,9-11H2,1-3H3. The first kappa shape index (κ1) is 20.1. The van der Waals surface area contributed by atoms with Crippen LogP contribution in [0.4, 0.5) is 5.69 Å². The first-order chi connectivity index (χ1) is 13.8. The molecule has 0 spiro atoms. The van der Waals surface area contributed by atoms with Gasteiger partial charge in [0.15, 0.2) is 18.1 Å². The van der Waals surface area contributed by atoms with Crippen LogP contribution in [0.25, 0.3) is 0 Å². The lowest BCUT2D eigenvalue weighted by Gasteiger charge is -2.18. The highest BCUT2D eigenvalue weighted by atomic mass is 16.7. The van der Waals surface area contributed by atoms with E-state index in [-0.39, 0.29) is 23.9 Å². The number of ether oxygens (including phenoxy) is 3. The Labute approximate surface area is 166 Å². The minimum Gasteiger partial charge on any atom is -0.454 e. The van der Waals surface area contributed by atoms with Crippen molar-refractivity contribution in [3.8, 4) is 11.5 Å². The number of hydrogen-bond acceptors (Lipinski definition) is 7. The lowest BCUT2D eigenvalue weighted by atomic mass is 10.1. The second-order valence-electron chi connectivity index (χ2n) is 6.74. The Kier molecular flexibility index (Phi) is 5.67. The fourth-order valence-corrected chi connectivity index (χ4v) is 2.93. The average molecular weight is 400 g/mol. The molecule has 0 saturated heterocycles. The van der Waals surface area contributed by atoms with Crippen LogP contribution in [0.2, 0.25) is 0 Å². The number of carbonyl (C=O) groups excluding carboxylic acids is 2. The molecule has 0 bridgehead atoms. The van der Waals surface area contributed by atoms with Crippen molar-refractivity contribution in [1.29, 1.82) is 0 Å². The van der Waals surface area contributed by atoms with E-state index >= 15 is 0 Å². The molecule has 2 aromatic carbocycles. The molecule has 9 heteroatoms. The van der Waals surface area contributed by atoms with Gasteiger partial charge in [-0.2, -0.15) is 0 Å². The van der Waals surface area contributed by atoms with Crippen LogP contribution in [0, 0.1) is 24.0 Å². The zero-order valence-corrected chi connectivity index (χ0v) is 16.3. The molecule has 0 aliphatic carbocycles. The molecule has 1 aliphatic heterocycles. The van der Waals surface area contributed by atoms with Crippen molar-refractivity contribution in [3.63, 3.8) is 0 Å². The van der Waals surface area contributed by atoms with E-state index in [1.807, 2.05) is 32.0 Å². The molecule has 1 amide bonds.